The molecular formula is C16H24N2O2. The smallest absolute Gasteiger partial charge is 0.257 e. The molecule has 0 aliphatic carbocycles. The fourth-order valence-corrected chi connectivity index (χ4v) is 2.67. The van der Waals surface area contributed by atoms with Gasteiger partial charge in [-0.2, -0.15) is 0 Å². The molecule has 2 N–H and O–H groups in total. The van der Waals surface area contributed by atoms with E-state index in [0.717, 1.165) is 44.5 Å². The number of aromatic hydroxyl groups is 1. The standard InChI is InChI=1S/C16H24N2O2/c1-3-8-17-13-5-4-9-18(11-13)16(20)14-7-6-12(2)10-15(14)19/h6-7,10,13,17,19H,3-5,8-9,11H2,1-2H3. The number of hydrogen-bond donors (Lipinski definition) is 2. The monoisotopic (exact) mass is 276 g/mol. The van der Waals surface area contributed by atoms with E-state index in [2.05, 4.69) is 12.2 Å². The lowest BCUT2D eigenvalue weighted by molar-refractivity contribution is 0.0692. The van der Waals surface area contributed by atoms with Gasteiger partial charge in [0, 0.05) is 19.1 Å². The van der Waals surface area contributed by atoms with Crippen molar-refractivity contribution in [1.29, 1.82) is 0 Å². The number of nitrogens with zero attached hydrogens (tertiary/aromatic N) is 1. The third-order valence-corrected chi connectivity index (χ3v) is 3.78. The molecule has 0 saturated carbocycles. The molecule has 1 aliphatic rings. The van der Waals surface area contributed by atoms with E-state index in [0.29, 0.717) is 11.6 Å². The minimum Gasteiger partial charge on any atom is -0.507 e. The molecule has 1 saturated heterocycles. The van der Waals surface area contributed by atoms with Crippen LogP contribution in [0.25, 0.3) is 0 Å². The summed E-state index contributed by atoms with van der Waals surface area (Å²) in [5, 5.41) is 13.4. The fraction of sp³-hybridized carbons (Fsp3) is 0.562. The van der Waals surface area contributed by atoms with Gasteiger partial charge in [-0.25, -0.2) is 0 Å². The van der Waals surface area contributed by atoms with E-state index in [1.165, 1.54) is 0 Å². The molecule has 1 aliphatic heterocycles. The summed E-state index contributed by atoms with van der Waals surface area (Å²) < 4.78 is 0. The van der Waals surface area contributed by atoms with Gasteiger partial charge >= 0.3 is 0 Å². The van der Waals surface area contributed by atoms with Crippen molar-refractivity contribution in [3.63, 3.8) is 0 Å². The summed E-state index contributed by atoms with van der Waals surface area (Å²) in [6.07, 6.45) is 3.23. The molecule has 1 aromatic rings. The van der Waals surface area contributed by atoms with Crippen molar-refractivity contribution in [1.82, 2.24) is 10.2 Å². The summed E-state index contributed by atoms with van der Waals surface area (Å²) in [6.45, 7) is 6.54. The number of aryl methyl sites for hydroxylation is 1. The van der Waals surface area contributed by atoms with Gasteiger partial charge in [0.05, 0.1) is 5.56 Å². The van der Waals surface area contributed by atoms with Crippen LogP contribution in [0.5, 0.6) is 5.75 Å². The summed E-state index contributed by atoms with van der Waals surface area (Å²) in [5.41, 5.74) is 1.37. The van der Waals surface area contributed by atoms with Gasteiger partial charge in [0.25, 0.3) is 5.91 Å². The van der Waals surface area contributed by atoms with Gasteiger partial charge in [0.1, 0.15) is 5.75 Å². The van der Waals surface area contributed by atoms with Gasteiger partial charge in [0.2, 0.25) is 0 Å². The number of nitrogens with one attached hydrogen (secondary N) is 1. The van der Waals surface area contributed by atoms with Crippen LogP contribution in [0.15, 0.2) is 18.2 Å². The molecule has 1 unspecified atom stereocenters. The number of carbonyl (C=O) groups excluding carboxylic acids is 1. The molecule has 4 heteroatoms. The highest BCUT2D eigenvalue weighted by atomic mass is 16.3. The number of likely N-dealkylation sites (tertiary alicyclic amines) is 1. The van der Waals surface area contributed by atoms with Gasteiger partial charge in [0.15, 0.2) is 0 Å². The van der Waals surface area contributed by atoms with Crippen LogP contribution in [0.2, 0.25) is 0 Å². The van der Waals surface area contributed by atoms with Crippen LogP contribution in [0, 0.1) is 6.92 Å². The molecule has 1 atom stereocenters. The number of rotatable bonds is 4. The van der Waals surface area contributed by atoms with Crippen LogP contribution in [-0.2, 0) is 0 Å². The van der Waals surface area contributed by atoms with Gasteiger partial charge in [-0.3, -0.25) is 4.79 Å². The lowest BCUT2D eigenvalue weighted by Crippen LogP contribution is -2.48. The van der Waals surface area contributed by atoms with Crippen molar-refractivity contribution in [3.05, 3.63) is 29.3 Å². The van der Waals surface area contributed by atoms with E-state index in [9.17, 15) is 9.90 Å². The second-order valence-corrected chi connectivity index (χ2v) is 5.57. The minimum absolute atomic E-state index is 0.0644. The van der Waals surface area contributed by atoms with E-state index >= 15 is 0 Å². The van der Waals surface area contributed by atoms with E-state index < -0.39 is 0 Å². The van der Waals surface area contributed by atoms with Gasteiger partial charge in [-0.15, -0.1) is 0 Å². The summed E-state index contributed by atoms with van der Waals surface area (Å²) in [4.78, 5) is 14.3. The third-order valence-electron chi connectivity index (χ3n) is 3.78. The number of benzene rings is 1. The summed E-state index contributed by atoms with van der Waals surface area (Å²) >= 11 is 0. The molecule has 110 valence electrons. The predicted molar refractivity (Wildman–Crippen MR) is 80.1 cm³/mol. The van der Waals surface area contributed by atoms with Crippen LogP contribution in [0.1, 0.15) is 42.1 Å². The highest BCUT2D eigenvalue weighted by Gasteiger charge is 2.25. The maximum Gasteiger partial charge on any atom is 0.257 e. The second kappa shape index (κ2) is 6.75. The normalized spacial score (nSPS) is 19.1. The Hall–Kier alpha value is -1.55. The molecule has 1 amide bonds. The first-order chi connectivity index (χ1) is 9.61. The Morgan fingerprint density at radius 1 is 1.50 bits per heavy atom. The Morgan fingerprint density at radius 2 is 2.30 bits per heavy atom. The molecule has 1 heterocycles. The highest BCUT2D eigenvalue weighted by molar-refractivity contribution is 5.97. The van der Waals surface area contributed by atoms with Crippen molar-refractivity contribution in [2.24, 2.45) is 0 Å². The highest BCUT2D eigenvalue weighted by Crippen LogP contribution is 2.22. The Balaban J connectivity index is 2.04. The van der Waals surface area contributed by atoms with Gasteiger partial charge in [-0.05, 0) is 50.4 Å². The zero-order valence-corrected chi connectivity index (χ0v) is 12.4. The molecular weight excluding hydrogens is 252 g/mol. The molecule has 0 radical (unpaired) electrons. The van der Waals surface area contributed by atoms with Crippen LogP contribution in [0.3, 0.4) is 0 Å². The lowest BCUT2D eigenvalue weighted by atomic mass is 10.0. The second-order valence-electron chi connectivity index (χ2n) is 5.57. The zero-order chi connectivity index (χ0) is 14.5. The van der Waals surface area contributed by atoms with Crippen LogP contribution in [0.4, 0.5) is 0 Å². The van der Waals surface area contributed by atoms with Crippen LogP contribution >= 0.6 is 0 Å². The molecule has 20 heavy (non-hydrogen) atoms. The lowest BCUT2D eigenvalue weighted by Gasteiger charge is -2.33. The maximum atomic E-state index is 12.5. The number of amides is 1. The number of carbonyl (C=O) groups is 1. The third kappa shape index (κ3) is 3.51. The molecule has 1 aromatic carbocycles. The summed E-state index contributed by atoms with van der Waals surface area (Å²) in [7, 11) is 0. The molecule has 0 spiro atoms. The number of piperidine rings is 1. The minimum atomic E-state index is -0.0644. The Kier molecular flexibility index (Phi) is 5.01. The molecule has 4 nitrogen and oxygen atoms in total. The van der Waals surface area contributed by atoms with E-state index in [4.69, 9.17) is 0 Å². The first-order valence-electron chi connectivity index (χ1n) is 7.44. The number of phenols is 1. The number of hydrogen-bond acceptors (Lipinski definition) is 3. The first-order valence-corrected chi connectivity index (χ1v) is 7.44. The maximum absolute atomic E-state index is 12.5. The summed E-state index contributed by atoms with van der Waals surface area (Å²) in [6, 6.07) is 5.60. The first kappa shape index (κ1) is 14.9. The largest absolute Gasteiger partial charge is 0.507 e. The topological polar surface area (TPSA) is 52.6 Å². The zero-order valence-electron chi connectivity index (χ0n) is 12.4. The molecule has 2 rings (SSSR count). The number of phenolic OH excluding ortho intramolecular Hbond substituents is 1. The average molecular weight is 276 g/mol. The molecule has 0 bridgehead atoms. The van der Waals surface area contributed by atoms with Gasteiger partial charge < -0.3 is 15.3 Å². The van der Waals surface area contributed by atoms with Crippen LogP contribution < -0.4 is 5.32 Å². The van der Waals surface area contributed by atoms with Crippen molar-refractivity contribution in [2.75, 3.05) is 19.6 Å². The Bertz CT molecular complexity index is 474. The Morgan fingerprint density at radius 3 is 3.00 bits per heavy atom. The fourth-order valence-electron chi connectivity index (χ4n) is 2.67. The van der Waals surface area contributed by atoms with Crippen molar-refractivity contribution in [2.45, 2.75) is 39.2 Å². The quantitative estimate of drug-likeness (QED) is 0.887. The van der Waals surface area contributed by atoms with Gasteiger partial charge in [-0.1, -0.05) is 13.0 Å². The van der Waals surface area contributed by atoms with E-state index in [1.54, 1.807) is 12.1 Å². The molecule has 0 aromatic heterocycles. The molecule has 1 fully saturated rings. The average Bonchev–Trinajstić information content (AvgIpc) is 2.45. The van der Waals surface area contributed by atoms with Crippen molar-refractivity contribution in [3.8, 4) is 5.75 Å². The SMILES string of the molecule is CCCNC1CCCN(C(=O)c2ccc(C)cc2O)C1. The van der Waals surface area contributed by atoms with E-state index in [-0.39, 0.29) is 11.7 Å². The summed E-state index contributed by atoms with van der Waals surface area (Å²) in [5.74, 6) is 0.0177. The van der Waals surface area contributed by atoms with E-state index in [1.807, 2.05) is 17.9 Å². The van der Waals surface area contributed by atoms with Crippen LogP contribution in [-0.4, -0.2) is 41.6 Å². The van der Waals surface area contributed by atoms with Crippen molar-refractivity contribution < 1.29 is 9.90 Å². The van der Waals surface area contributed by atoms with Crippen molar-refractivity contribution >= 4 is 5.91 Å². The Labute approximate surface area is 120 Å². The predicted octanol–water partition coefficient (Wildman–Crippen LogP) is 2.30.